The molecule has 0 bridgehead atoms. The van der Waals surface area contributed by atoms with E-state index in [9.17, 15) is 0 Å². The average Bonchev–Trinajstić information content (AvgIpc) is 2.62. The van der Waals surface area contributed by atoms with Crippen molar-refractivity contribution in [2.75, 3.05) is 0 Å². The highest BCUT2D eigenvalue weighted by atomic mass is 35.5. The molecule has 1 nitrogen and oxygen atoms in total. The van der Waals surface area contributed by atoms with Gasteiger partial charge in [-0.15, -0.1) is 11.6 Å². The Morgan fingerprint density at radius 3 is 2.80 bits per heavy atom. The van der Waals surface area contributed by atoms with E-state index in [0.717, 1.165) is 6.42 Å². The molecule has 10 heavy (non-hydrogen) atoms. The van der Waals surface area contributed by atoms with E-state index in [1.54, 1.807) is 0 Å². The zero-order chi connectivity index (χ0) is 6.97. The van der Waals surface area contributed by atoms with Crippen LogP contribution in [0.5, 0.6) is 0 Å². The Morgan fingerprint density at radius 2 is 1.90 bits per heavy atom. The normalized spacial score (nSPS) is 47.1. The summed E-state index contributed by atoms with van der Waals surface area (Å²) in [5, 5.41) is 0.310. The molecule has 1 saturated carbocycles. The Morgan fingerprint density at radius 1 is 1.10 bits per heavy atom. The van der Waals surface area contributed by atoms with Crippen molar-refractivity contribution in [3.05, 3.63) is 0 Å². The highest BCUT2D eigenvalue weighted by Gasteiger charge is 2.43. The smallest absolute Gasteiger partial charge is 0.100 e. The molecule has 0 radical (unpaired) electrons. The fourth-order valence-corrected chi connectivity index (χ4v) is 2.11. The van der Waals surface area contributed by atoms with E-state index < -0.39 is 0 Å². The molecule has 3 atom stereocenters. The average molecular weight is 161 g/mol. The zero-order valence-electron chi connectivity index (χ0n) is 6.05. The maximum absolute atomic E-state index is 6.06. The summed E-state index contributed by atoms with van der Waals surface area (Å²) in [6, 6.07) is 0. The minimum Gasteiger partial charge on any atom is -0.368 e. The molecule has 0 aromatic heterocycles. The van der Waals surface area contributed by atoms with E-state index in [1.165, 1.54) is 25.7 Å². The van der Waals surface area contributed by atoms with Crippen molar-refractivity contribution in [3.63, 3.8) is 0 Å². The van der Waals surface area contributed by atoms with E-state index in [4.69, 9.17) is 16.3 Å². The second-order valence-corrected chi connectivity index (χ2v) is 3.85. The highest BCUT2D eigenvalue weighted by molar-refractivity contribution is 6.21. The largest absolute Gasteiger partial charge is 0.368 e. The van der Waals surface area contributed by atoms with Crippen LogP contribution in [0, 0.1) is 0 Å². The van der Waals surface area contributed by atoms with Crippen molar-refractivity contribution in [1.82, 2.24) is 0 Å². The van der Waals surface area contributed by atoms with Gasteiger partial charge in [0, 0.05) is 0 Å². The molecule has 0 N–H and O–H groups in total. The lowest BCUT2D eigenvalue weighted by atomic mass is 10.0. The van der Waals surface area contributed by atoms with Crippen LogP contribution in [0.1, 0.15) is 32.1 Å². The molecule has 0 aromatic carbocycles. The van der Waals surface area contributed by atoms with Crippen molar-refractivity contribution in [2.24, 2.45) is 0 Å². The number of halogens is 1. The number of hydrogen-bond donors (Lipinski definition) is 0. The third-order valence-electron chi connectivity index (χ3n) is 2.45. The van der Waals surface area contributed by atoms with Crippen LogP contribution in [-0.2, 0) is 4.74 Å². The van der Waals surface area contributed by atoms with Gasteiger partial charge in [-0.05, 0) is 12.8 Å². The minimum atomic E-state index is 0.310. The van der Waals surface area contributed by atoms with E-state index in [1.807, 2.05) is 0 Å². The molecule has 1 saturated heterocycles. The van der Waals surface area contributed by atoms with Gasteiger partial charge in [0.05, 0.1) is 11.5 Å². The molecule has 2 rings (SSSR count). The van der Waals surface area contributed by atoms with Gasteiger partial charge in [0.25, 0.3) is 0 Å². The third kappa shape index (κ3) is 1.30. The molecule has 2 aliphatic rings. The van der Waals surface area contributed by atoms with Gasteiger partial charge in [-0.3, -0.25) is 0 Å². The molecule has 1 aliphatic carbocycles. The first kappa shape index (κ1) is 6.93. The summed E-state index contributed by atoms with van der Waals surface area (Å²) in [5.41, 5.74) is 0. The van der Waals surface area contributed by atoms with Crippen molar-refractivity contribution in [3.8, 4) is 0 Å². The maximum Gasteiger partial charge on any atom is 0.100 e. The topological polar surface area (TPSA) is 12.5 Å². The first-order chi connectivity index (χ1) is 4.88. The first-order valence-electron chi connectivity index (χ1n) is 4.17. The van der Waals surface area contributed by atoms with Gasteiger partial charge in [0.1, 0.15) is 6.10 Å². The van der Waals surface area contributed by atoms with Crippen molar-refractivity contribution < 1.29 is 4.74 Å². The molecule has 3 unspecified atom stereocenters. The number of rotatable bonds is 0. The maximum atomic E-state index is 6.06. The molecule has 2 heteroatoms. The van der Waals surface area contributed by atoms with Crippen LogP contribution < -0.4 is 0 Å². The number of hydrogen-bond acceptors (Lipinski definition) is 1. The predicted molar refractivity (Wildman–Crippen MR) is 41.4 cm³/mol. The lowest BCUT2D eigenvalue weighted by molar-refractivity contribution is 0.359. The van der Waals surface area contributed by atoms with Crippen LogP contribution in [0.15, 0.2) is 0 Å². The van der Waals surface area contributed by atoms with Crippen molar-refractivity contribution in [2.45, 2.75) is 49.7 Å². The van der Waals surface area contributed by atoms with Crippen molar-refractivity contribution in [1.29, 1.82) is 0 Å². The van der Waals surface area contributed by atoms with E-state index >= 15 is 0 Å². The zero-order valence-corrected chi connectivity index (χ0v) is 6.81. The van der Waals surface area contributed by atoms with Gasteiger partial charge in [0.15, 0.2) is 0 Å². The molecule has 0 amide bonds. The molecule has 0 aromatic rings. The molecular weight excluding hydrogens is 148 g/mol. The number of epoxide rings is 1. The van der Waals surface area contributed by atoms with Gasteiger partial charge in [-0.1, -0.05) is 19.3 Å². The molecule has 0 spiro atoms. The highest BCUT2D eigenvalue weighted by Crippen LogP contribution is 2.36. The number of alkyl halides is 1. The summed E-state index contributed by atoms with van der Waals surface area (Å²) in [6.07, 6.45) is 7.32. The molecular formula is C8H13ClO. The predicted octanol–water partition coefficient (Wildman–Crippen LogP) is 2.33. The fourth-order valence-electron chi connectivity index (χ4n) is 1.73. The Kier molecular flexibility index (Phi) is 1.88. The summed E-state index contributed by atoms with van der Waals surface area (Å²) in [4.78, 5) is 0. The summed E-state index contributed by atoms with van der Waals surface area (Å²) >= 11 is 6.06. The standard InChI is InChI=1S/C8H13ClO/c9-6-4-2-1-3-5-7-8(6)10-7/h6-8H,1-5H2. The van der Waals surface area contributed by atoms with Gasteiger partial charge < -0.3 is 4.74 Å². The van der Waals surface area contributed by atoms with E-state index in [0.29, 0.717) is 17.6 Å². The summed E-state index contributed by atoms with van der Waals surface area (Å²) in [7, 11) is 0. The molecule has 58 valence electrons. The van der Waals surface area contributed by atoms with Crippen LogP contribution >= 0.6 is 11.6 Å². The van der Waals surface area contributed by atoms with E-state index in [2.05, 4.69) is 0 Å². The first-order valence-corrected chi connectivity index (χ1v) is 4.61. The number of fused-ring (bicyclic) bond motifs is 1. The summed E-state index contributed by atoms with van der Waals surface area (Å²) in [5.74, 6) is 0. The van der Waals surface area contributed by atoms with Gasteiger partial charge in [0.2, 0.25) is 0 Å². The monoisotopic (exact) mass is 160 g/mol. The van der Waals surface area contributed by atoms with Crippen LogP contribution in [-0.4, -0.2) is 17.6 Å². The van der Waals surface area contributed by atoms with Gasteiger partial charge in [-0.25, -0.2) is 0 Å². The Labute approximate surface area is 66.7 Å². The third-order valence-corrected chi connectivity index (χ3v) is 2.91. The van der Waals surface area contributed by atoms with Crippen LogP contribution in [0.25, 0.3) is 0 Å². The van der Waals surface area contributed by atoms with Gasteiger partial charge in [-0.2, -0.15) is 0 Å². The molecule has 2 fully saturated rings. The second kappa shape index (κ2) is 2.71. The Balaban J connectivity index is 1.88. The quantitative estimate of drug-likeness (QED) is 0.392. The lowest BCUT2D eigenvalue weighted by Gasteiger charge is -2.08. The van der Waals surface area contributed by atoms with Gasteiger partial charge >= 0.3 is 0 Å². The molecule has 1 heterocycles. The second-order valence-electron chi connectivity index (χ2n) is 3.29. The Bertz CT molecular complexity index is 126. The molecule has 1 aliphatic heterocycles. The van der Waals surface area contributed by atoms with E-state index in [-0.39, 0.29) is 0 Å². The lowest BCUT2D eigenvalue weighted by Crippen LogP contribution is -2.12. The van der Waals surface area contributed by atoms with Crippen LogP contribution in [0.3, 0.4) is 0 Å². The minimum absolute atomic E-state index is 0.310. The summed E-state index contributed by atoms with van der Waals surface area (Å²) in [6.45, 7) is 0. The van der Waals surface area contributed by atoms with Crippen LogP contribution in [0.2, 0.25) is 0 Å². The fraction of sp³-hybridized carbons (Fsp3) is 1.00. The van der Waals surface area contributed by atoms with Crippen LogP contribution in [0.4, 0.5) is 0 Å². The summed E-state index contributed by atoms with van der Waals surface area (Å²) < 4.78 is 5.42. The Hall–Kier alpha value is 0.250. The van der Waals surface area contributed by atoms with Crippen molar-refractivity contribution >= 4 is 11.6 Å². The SMILES string of the molecule is ClC1CCCCCC2OC12. The number of ether oxygens (including phenoxy) is 1.